The van der Waals surface area contributed by atoms with Crippen LogP contribution in [0.4, 0.5) is 4.39 Å². The topological polar surface area (TPSA) is 35.6 Å². The summed E-state index contributed by atoms with van der Waals surface area (Å²) in [7, 11) is 0. The molecule has 1 aliphatic heterocycles. The zero-order chi connectivity index (χ0) is 18.5. The van der Waals surface area contributed by atoms with E-state index in [-0.39, 0.29) is 23.8 Å². The van der Waals surface area contributed by atoms with E-state index in [4.69, 9.17) is 0 Å². The molecule has 1 aliphatic rings. The fourth-order valence-corrected chi connectivity index (χ4v) is 4.01. The van der Waals surface area contributed by atoms with E-state index in [0.29, 0.717) is 0 Å². The number of nitrogens with one attached hydrogen (secondary N) is 1. The van der Waals surface area contributed by atoms with E-state index >= 15 is 0 Å². The van der Waals surface area contributed by atoms with Crippen molar-refractivity contribution in [3.05, 3.63) is 58.0 Å². The van der Waals surface area contributed by atoms with Crippen molar-refractivity contribution >= 4 is 17.2 Å². The predicted molar refractivity (Wildman–Crippen MR) is 104 cm³/mol. The second-order valence-corrected chi connectivity index (χ2v) is 7.88. The van der Waals surface area contributed by atoms with Crippen LogP contribution in [0.15, 0.2) is 41.8 Å². The minimum atomic E-state index is -0.263. The highest BCUT2D eigenvalue weighted by molar-refractivity contribution is 7.09. The van der Waals surface area contributed by atoms with Crippen LogP contribution in [0, 0.1) is 5.82 Å². The third-order valence-corrected chi connectivity index (χ3v) is 5.88. The number of thiophene rings is 1. The lowest BCUT2D eigenvalue weighted by Gasteiger charge is -2.37. The molecule has 2 aromatic rings. The van der Waals surface area contributed by atoms with E-state index in [1.54, 1.807) is 23.5 Å². The van der Waals surface area contributed by atoms with Gasteiger partial charge in [-0.1, -0.05) is 18.2 Å². The van der Waals surface area contributed by atoms with Gasteiger partial charge in [0.2, 0.25) is 5.91 Å². The van der Waals surface area contributed by atoms with Crippen molar-refractivity contribution in [1.29, 1.82) is 0 Å². The van der Waals surface area contributed by atoms with Crippen molar-refractivity contribution in [2.24, 2.45) is 0 Å². The Kier molecular flexibility index (Phi) is 6.40. The predicted octanol–water partition coefficient (Wildman–Crippen LogP) is 3.27. The summed E-state index contributed by atoms with van der Waals surface area (Å²) in [4.78, 5) is 18.7. The Morgan fingerprint density at radius 3 is 2.46 bits per heavy atom. The number of hydrogen-bond acceptors (Lipinski definition) is 4. The first kappa shape index (κ1) is 19.0. The lowest BCUT2D eigenvalue weighted by molar-refractivity contribution is -0.127. The lowest BCUT2D eigenvalue weighted by Crippen LogP contribution is -2.53. The lowest BCUT2D eigenvalue weighted by atomic mass is 10.1. The van der Waals surface area contributed by atoms with Gasteiger partial charge in [-0.15, -0.1) is 11.3 Å². The number of piperazine rings is 1. The summed E-state index contributed by atoms with van der Waals surface area (Å²) < 4.78 is 13.0. The maximum Gasteiger partial charge on any atom is 0.237 e. The van der Waals surface area contributed by atoms with Gasteiger partial charge in [-0.3, -0.25) is 14.6 Å². The molecule has 140 valence electrons. The van der Waals surface area contributed by atoms with Crippen LogP contribution in [0.2, 0.25) is 0 Å². The smallest absolute Gasteiger partial charge is 0.237 e. The van der Waals surface area contributed by atoms with E-state index in [2.05, 4.69) is 32.6 Å². The third-order valence-electron chi connectivity index (χ3n) is 5.02. The Labute approximate surface area is 158 Å². The Morgan fingerprint density at radius 2 is 1.85 bits per heavy atom. The molecular weight excluding hydrogens is 349 g/mol. The SMILES string of the molecule is C[C@H](C(=O)N[C@H](C)c1ccc(F)cc1)N1CCN(Cc2cccs2)CC1. The van der Waals surface area contributed by atoms with Crippen LogP contribution in [0.25, 0.3) is 0 Å². The molecule has 2 atom stereocenters. The van der Waals surface area contributed by atoms with Gasteiger partial charge in [0, 0.05) is 37.6 Å². The molecule has 1 amide bonds. The number of benzene rings is 1. The van der Waals surface area contributed by atoms with Crippen LogP contribution >= 0.6 is 11.3 Å². The second-order valence-electron chi connectivity index (χ2n) is 6.85. The van der Waals surface area contributed by atoms with Gasteiger partial charge in [0.25, 0.3) is 0 Å². The number of rotatable bonds is 6. The molecule has 26 heavy (non-hydrogen) atoms. The van der Waals surface area contributed by atoms with Gasteiger partial charge in [-0.2, -0.15) is 0 Å². The Morgan fingerprint density at radius 1 is 1.15 bits per heavy atom. The zero-order valence-electron chi connectivity index (χ0n) is 15.3. The summed E-state index contributed by atoms with van der Waals surface area (Å²) >= 11 is 1.79. The first-order chi connectivity index (χ1) is 12.5. The van der Waals surface area contributed by atoms with Crippen molar-refractivity contribution in [2.75, 3.05) is 26.2 Å². The molecular formula is C20H26FN3OS. The Bertz CT molecular complexity index is 696. The molecule has 0 unspecified atom stereocenters. The first-order valence-electron chi connectivity index (χ1n) is 9.07. The number of hydrogen-bond donors (Lipinski definition) is 1. The molecule has 2 heterocycles. The monoisotopic (exact) mass is 375 g/mol. The summed E-state index contributed by atoms with van der Waals surface area (Å²) in [5.41, 5.74) is 0.910. The molecule has 1 N–H and O–H groups in total. The largest absolute Gasteiger partial charge is 0.348 e. The number of halogens is 1. The normalized spacial score (nSPS) is 18.4. The average Bonchev–Trinajstić information content (AvgIpc) is 3.15. The van der Waals surface area contributed by atoms with Gasteiger partial charge in [-0.25, -0.2) is 4.39 Å². The third kappa shape index (κ3) is 4.90. The molecule has 1 aromatic carbocycles. The van der Waals surface area contributed by atoms with E-state index in [1.165, 1.54) is 17.0 Å². The molecule has 0 saturated carbocycles. The van der Waals surface area contributed by atoms with Gasteiger partial charge in [0.1, 0.15) is 5.82 Å². The highest BCUT2D eigenvalue weighted by Gasteiger charge is 2.26. The van der Waals surface area contributed by atoms with Gasteiger partial charge in [0.15, 0.2) is 0 Å². The van der Waals surface area contributed by atoms with Crippen LogP contribution in [0.5, 0.6) is 0 Å². The van der Waals surface area contributed by atoms with Crippen LogP contribution in [-0.2, 0) is 11.3 Å². The van der Waals surface area contributed by atoms with Crippen molar-refractivity contribution < 1.29 is 9.18 Å². The summed E-state index contributed by atoms with van der Waals surface area (Å²) in [5.74, 6) is -0.241. The molecule has 0 bridgehead atoms. The number of carbonyl (C=O) groups is 1. The maximum atomic E-state index is 13.0. The quantitative estimate of drug-likeness (QED) is 0.842. The van der Waals surface area contributed by atoms with Crippen LogP contribution < -0.4 is 5.32 Å². The molecule has 1 fully saturated rings. The Balaban J connectivity index is 1.47. The van der Waals surface area contributed by atoms with Crippen LogP contribution in [0.1, 0.15) is 30.3 Å². The first-order valence-corrected chi connectivity index (χ1v) is 9.95. The molecule has 1 saturated heterocycles. The van der Waals surface area contributed by atoms with E-state index in [0.717, 1.165) is 38.3 Å². The van der Waals surface area contributed by atoms with E-state index in [9.17, 15) is 9.18 Å². The van der Waals surface area contributed by atoms with Crippen LogP contribution in [-0.4, -0.2) is 47.9 Å². The molecule has 6 heteroatoms. The maximum absolute atomic E-state index is 13.0. The summed E-state index contributed by atoms with van der Waals surface area (Å²) in [6.45, 7) is 8.62. The van der Waals surface area contributed by atoms with Crippen molar-refractivity contribution in [2.45, 2.75) is 32.5 Å². The number of nitrogens with zero attached hydrogens (tertiary/aromatic N) is 2. The fraction of sp³-hybridized carbons (Fsp3) is 0.450. The van der Waals surface area contributed by atoms with Gasteiger partial charge < -0.3 is 5.32 Å². The second kappa shape index (κ2) is 8.75. The highest BCUT2D eigenvalue weighted by Crippen LogP contribution is 2.16. The molecule has 3 rings (SSSR count). The van der Waals surface area contributed by atoms with E-state index < -0.39 is 0 Å². The summed E-state index contributed by atoms with van der Waals surface area (Å²) in [6.07, 6.45) is 0. The van der Waals surface area contributed by atoms with Crippen molar-refractivity contribution in [1.82, 2.24) is 15.1 Å². The van der Waals surface area contributed by atoms with Gasteiger partial charge >= 0.3 is 0 Å². The standard InChI is InChI=1S/C20H26FN3OS/c1-15(17-5-7-18(21)8-6-17)22-20(25)16(2)24-11-9-23(10-12-24)14-19-4-3-13-26-19/h3-8,13,15-16H,9-12,14H2,1-2H3,(H,22,25)/t15-,16-/m1/s1. The molecule has 4 nitrogen and oxygen atoms in total. The van der Waals surface area contributed by atoms with Crippen LogP contribution in [0.3, 0.4) is 0 Å². The average molecular weight is 376 g/mol. The number of amides is 1. The minimum Gasteiger partial charge on any atom is -0.348 e. The summed E-state index contributed by atoms with van der Waals surface area (Å²) in [5, 5.41) is 5.16. The highest BCUT2D eigenvalue weighted by atomic mass is 32.1. The van der Waals surface area contributed by atoms with Crippen molar-refractivity contribution in [3.8, 4) is 0 Å². The number of carbonyl (C=O) groups excluding carboxylic acids is 1. The zero-order valence-corrected chi connectivity index (χ0v) is 16.1. The molecule has 0 spiro atoms. The molecule has 1 aromatic heterocycles. The van der Waals surface area contributed by atoms with Gasteiger partial charge in [0.05, 0.1) is 12.1 Å². The molecule has 0 radical (unpaired) electrons. The van der Waals surface area contributed by atoms with E-state index in [1.807, 2.05) is 13.8 Å². The van der Waals surface area contributed by atoms with Crippen molar-refractivity contribution in [3.63, 3.8) is 0 Å². The van der Waals surface area contributed by atoms with Gasteiger partial charge in [-0.05, 0) is 43.0 Å². The fourth-order valence-electron chi connectivity index (χ4n) is 3.27. The molecule has 0 aliphatic carbocycles. The minimum absolute atomic E-state index is 0.0218. The Hall–Kier alpha value is -1.76. The summed E-state index contributed by atoms with van der Waals surface area (Å²) in [6, 6.07) is 10.2.